The van der Waals surface area contributed by atoms with Crippen LogP contribution in [-0.4, -0.2) is 31.6 Å². The number of rotatable bonds is 6. The van der Waals surface area contributed by atoms with Gasteiger partial charge in [-0.3, -0.25) is 0 Å². The summed E-state index contributed by atoms with van der Waals surface area (Å²) in [6.45, 7) is 7.68. The molecule has 0 saturated carbocycles. The smallest absolute Gasteiger partial charge is 0.000388 e. The molecule has 0 aliphatic heterocycles. The van der Waals surface area contributed by atoms with Crippen LogP contribution in [0.3, 0.4) is 0 Å². The summed E-state index contributed by atoms with van der Waals surface area (Å²) >= 11 is 0. The number of hydrogen-bond donors (Lipinski definition) is 1. The molecule has 2 heteroatoms. The van der Waals surface area contributed by atoms with Gasteiger partial charge in [0, 0.05) is 6.54 Å². The van der Waals surface area contributed by atoms with E-state index in [9.17, 15) is 0 Å². The minimum Gasteiger partial charge on any atom is -0.330 e. The van der Waals surface area contributed by atoms with Crippen LogP contribution in [0.5, 0.6) is 0 Å². The molecule has 0 aliphatic rings. The number of nitrogens with zero attached hydrogens (tertiary/aromatic N) is 1. The highest BCUT2D eigenvalue weighted by atomic mass is 15.1. The summed E-state index contributed by atoms with van der Waals surface area (Å²) < 4.78 is 0. The predicted molar refractivity (Wildman–Crippen MR) is 50.6 cm³/mol. The molecule has 0 saturated heterocycles. The Morgan fingerprint density at radius 1 is 1.45 bits per heavy atom. The van der Waals surface area contributed by atoms with E-state index in [1.54, 1.807) is 0 Å². The van der Waals surface area contributed by atoms with Crippen LogP contribution >= 0.6 is 0 Å². The van der Waals surface area contributed by atoms with Gasteiger partial charge in [-0.2, -0.15) is 0 Å². The van der Waals surface area contributed by atoms with Gasteiger partial charge in [-0.15, -0.1) is 0 Å². The first-order valence-electron chi connectivity index (χ1n) is 4.59. The van der Waals surface area contributed by atoms with Crippen molar-refractivity contribution in [1.29, 1.82) is 0 Å². The van der Waals surface area contributed by atoms with Crippen LogP contribution < -0.4 is 5.73 Å². The monoisotopic (exact) mass is 158 g/mol. The average molecular weight is 158 g/mol. The van der Waals surface area contributed by atoms with Crippen LogP contribution in [0.1, 0.15) is 26.7 Å². The quantitative estimate of drug-likeness (QED) is 0.631. The van der Waals surface area contributed by atoms with Crippen molar-refractivity contribution in [2.24, 2.45) is 11.7 Å². The molecule has 0 spiro atoms. The number of nitrogens with two attached hydrogens (primary N) is 1. The molecule has 0 aromatic heterocycles. The molecule has 2 nitrogen and oxygen atoms in total. The van der Waals surface area contributed by atoms with Gasteiger partial charge < -0.3 is 10.6 Å². The Morgan fingerprint density at radius 3 is 2.55 bits per heavy atom. The highest BCUT2D eigenvalue weighted by molar-refractivity contribution is 4.57. The van der Waals surface area contributed by atoms with Crippen molar-refractivity contribution in [3.63, 3.8) is 0 Å². The fourth-order valence-corrected chi connectivity index (χ4v) is 1.11. The van der Waals surface area contributed by atoms with E-state index in [4.69, 9.17) is 5.73 Å². The molecule has 0 aliphatic carbocycles. The van der Waals surface area contributed by atoms with Crippen molar-refractivity contribution in [3.8, 4) is 0 Å². The van der Waals surface area contributed by atoms with E-state index in [1.165, 1.54) is 13.0 Å². The summed E-state index contributed by atoms with van der Waals surface area (Å²) in [5, 5.41) is 0. The molecule has 0 unspecified atom stereocenters. The Balaban J connectivity index is 3.27. The Labute approximate surface area is 70.8 Å². The third-order valence-corrected chi connectivity index (χ3v) is 2.06. The van der Waals surface area contributed by atoms with Crippen molar-refractivity contribution < 1.29 is 0 Å². The molecule has 0 aromatic carbocycles. The molecule has 11 heavy (non-hydrogen) atoms. The summed E-state index contributed by atoms with van der Waals surface area (Å²) in [4.78, 5) is 2.36. The zero-order valence-electron chi connectivity index (χ0n) is 8.14. The maximum Gasteiger partial charge on any atom is 0.000388 e. The molecule has 0 aromatic rings. The highest BCUT2D eigenvalue weighted by Crippen LogP contribution is 2.02. The van der Waals surface area contributed by atoms with Crippen LogP contribution in [0.15, 0.2) is 0 Å². The first-order valence-corrected chi connectivity index (χ1v) is 4.59. The second-order valence-corrected chi connectivity index (χ2v) is 3.42. The standard InChI is InChI=1S/C9H22N2/c1-4-9(2)8-11(3)7-5-6-10/h9H,4-8,10H2,1-3H3/t9-/m0/s1. The topological polar surface area (TPSA) is 29.3 Å². The number of hydrogen-bond acceptors (Lipinski definition) is 2. The second-order valence-electron chi connectivity index (χ2n) is 3.42. The Kier molecular flexibility index (Phi) is 6.57. The normalized spacial score (nSPS) is 13.9. The van der Waals surface area contributed by atoms with Crippen LogP contribution in [0.25, 0.3) is 0 Å². The summed E-state index contributed by atoms with van der Waals surface area (Å²) in [7, 11) is 2.17. The Hall–Kier alpha value is -0.0800. The molecule has 0 fully saturated rings. The molecule has 0 amide bonds. The van der Waals surface area contributed by atoms with Gasteiger partial charge in [0.25, 0.3) is 0 Å². The van der Waals surface area contributed by atoms with Crippen LogP contribution in [-0.2, 0) is 0 Å². The van der Waals surface area contributed by atoms with E-state index in [-0.39, 0.29) is 0 Å². The van der Waals surface area contributed by atoms with Gasteiger partial charge in [0.15, 0.2) is 0 Å². The maximum absolute atomic E-state index is 5.41. The van der Waals surface area contributed by atoms with Gasteiger partial charge in [-0.05, 0) is 32.5 Å². The van der Waals surface area contributed by atoms with Gasteiger partial charge in [0.2, 0.25) is 0 Å². The zero-order valence-corrected chi connectivity index (χ0v) is 8.14. The van der Waals surface area contributed by atoms with Gasteiger partial charge in [-0.25, -0.2) is 0 Å². The summed E-state index contributed by atoms with van der Waals surface area (Å²) in [5.74, 6) is 0.817. The third kappa shape index (κ3) is 6.32. The lowest BCUT2D eigenvalue weighted by atomic mass is 10.1. The van der Waals surface area contributed by atoms with Crippen LogP contribution in [0, 0.1) is 5.92 Å². The SMILES string of the molecule is CC[C@H](C)CN(C)CCCN. The predicted octanol–water partition coefficient (Wildman–Crippen LogP) is 1.31. The summed E-state index contributed by atoms with van der Waals surface area (Å²) in [5.41, 5.74) is 5.41. The molecule has 0 rings (SSSR count). The lowest BCUT2D eigenvalue weighted by Gasteiger charge is -2.19. The first kappa shape index (κ1) is 10.9. The molecule has 68 valence electrons. The zero-order chi connectivity index (χ0) is 8.69. The minimum atomic E-state index is 0.810. The molecule has 0 heterocycles. The Morgan fingerprint density at radius 2 is 2.09 bits per heavy atom. The summed E-state index contributed by atoms with van der Waals surface area (Å²) in [6, 6.07) is 0. The van der Waals surface area contributed by atoms with Crippen LogP contribution in [0.4, 0.5) is 0 Å². The fourth-order valence-electron chi connectivity index (χ4n) is 1.11. The van der Waals surface area contributed by atoms with Crippen molar-refractivity contribution >= 4 is 0 Å². The molecular formula is C9H22N2. The Bertz CT molecular complexity index is 83.6. The fraction of sp³-hybridized carbons (Fsp3) is 1.00. The van der Waals surface area contributed by atoms with Crippen molar-refractivity contribution in [3.05, 3.63) is 0 Å². The van der Waals surface area contributed by atoms with E-state index >= 15 is 0 Å². The van der Waals surface area contributed by atoms with Crippen molar-refractivity contribution in [2.75, 3.05) is 26.7 Å². The van der Waals surface area contributed by atoms with E-state index in [1.807, 2.05) is 0 Å². The van der Waals surface area contributed by atoms with Crippen LogP contribution in [0.2, 0.25) is 0 Å². The largest absolute Gasteiger partial charge is 0.330 e. The third-order valence-electron chi connectivity index (χ3n) is 2.06. The lowest BCUT2D eigenvalue weighted by molar-refractivity contribution is 0.280. The lowest BCUT2D eigenvalue weighted by Crippen LogP contribution is -2.26. The van der Waals surface area contributed by atoms with Gasteiger partial charge >= 0.3 is 0 Å². The minimum absolute atomic E-state index is 0.810. The van der Waals surface area contributed by atoms with Gasteiger partial charge in [0.05, 0.1) is 0 Å². The molecule has 1 atom stereocenters. The van der Waals surface area contributed by atoms with Crippen molar-refractivity contribution in [2.45, 2.75) is 26.7 Å². The molecule has 0 bridgehead atoms. The van der Waals surface area contributed by atoms with E-state index in [0.717, 1.165) is 25.4 Å². The second kappa shape index (κ2) is 6.62. The van der Waals surface area contributed by atoms with Crippen molar-refractivity contribution in [1.82, 2.24) is 4.90 Å². The van der Waals surface area contributed by atoms with Gasteiger partial charge in [-0.1, -0.05) is 20.3 Å². The first-order chi connectivity index (χ1) is 5.20. The van der Waals surface area contributed by atoms with E-state index in [0.29, 0.717) is 0 Å². The molecule has 2 N–H and O–H groups in total. The maximum atomic E-state index is 5.41. The average Bonchev–Trinajstić information content (AvgIpc) is 2.00. The van der Waals surface area contributed by atoms with E-state index in [2.05, 4.69) is 25.8 Å². The van der Waals surface area contributed by atoms with E-state index < -0.39 is 0 Å². The van der Waals surface area contributed by atoms with Gasteiger partial charge in [0.1, 0.15) is 0 Å². The molecule has 0 radical (unpaired) electrons. The highest BCUT2D eigenvalue weighted by Gasteiger charge is 2.02. The molecular weight excluding hydrogens is 136 g/mol. The summed E-state index contributed by atoms with van der Waals surface area (Å²) in [6.07, 6.45) is 2.39.